The Balaban J connectivity index is 2.74. The van der Waals surface area contributed by atoms with Gasteiger partial charge >= 0.3 is 6.18 Å². The van der Waals surface area contributed by atoms with Gasteiger partial charge in [0.25, 0.3) is 0 Å². The third-order valence-corrected chi connectivity index (χ3v) is 2.29. The number of benzene rings is 1. The molecule has 2 N–H and O–H groups in total. The molecular formula is C11H13F3N2O. The summed E-state index contributed by atoms with van der Waals surface area (Å²) >= 11 is 0. The minimum Gasteiger partial charge on any atom is -0.326 e. The summed E-state index contributed by atoms with van der Waals surface area (Å²) in [7, 11) is 1.31. The normalized spacial score (nSPS) is 11.4. The van der Waals surface area contributed by atoms with Crippen molar-refractivity contribution in [2.24, 2.45) is 5.73 Å². The molecule has 0 aliphatic rings. The van der Waals surface area contributed by atoms with Crippen molar-refractivity contribution in [2.45, 2.75) is 19.1 Å². The van der Waals surface area contributed by atoms with E-state index in [1.807, 2.05) is 0 Å². The van der Waals surface area contributed by atoms with Crippen LogP contribution in [0.2, 0.25) is 0 Å². The summed E-state index contributed by atoms with van der Waals surface area (Å²) in [6, 6.07) is 6.48. The summed E-state index contributed by atoms with van der Waals surface area (Å²) < 4.78 is 36.1. The molecule has 0 aromatic heterocycles. The molecule has 94 valence electrons. The van der Waals surface area contributed by atoms with Crippen LogP contribution in [0.4, 0.5) is 18.9 Å². The van der Waals surface area contributed by atoms with Crippen molar-refractivity contribution >= 4 is 11.6 Å². The number of hydrogen-bond acceptors (Lipinski definition) is 2. The minimum absolute atomic E-state index is 0.348. The fourth-order valence-corrected chi connectivity index (χ4v) is 1.29. The second kappa shape index (κ2) is 5.18. The van der Waals surface area contributed by atoms with E-state index in [0.29, 0.717) is 12.2 Å². The van der Waals surface area contributed by atoms with Crippen LogP contribution in [0.25, 0.3) is 0 Å². The molecule has 0 saturated heterocycles. The molecule has 0 fully saturated rings. The van der Waals surface area contributed by atoms with E-state index in [4.69, 9.17) is 5.73 Å². The van der Waals surface area contributed by atoms with Gasteiger partial charge in [0.2, 0.25) is 5.91 Å². The molecule has 0 atom stereocenters. The Morgan fingerprint density at radius 1 is 1.29 bits per heavy atom. The summed E-state index contributed by atoms with van der Waals surface area (Å²) in [5.74, 6) is -0.988. The third kappa shape index (κ3) is 4.07. The lowest BCUT2D eigenvalue weighted by molar-refractivity contribution is -0.151. The Labute approximate surface area is 97.0 Å². The van der Waals surface area contributed by atoms with E-state index >= 15 is 0 Å². The highest BCUT2D eigenvalue weighted by Gasteiger charge is 2.32. The van der Waals surface area contributed by atoms with E-state index in [0.717, 1.165) is 10.5 Å². The largest absolute Gasteiger partial charge is 0.397 e. The number of carbonyl (C=O) groups is 1. The molecule has 6 heteroatoms. The van der Waals surface area contributed by atoms with Crippen LogP contribution in [0.1, 0.15) is 12.0 Å². The third-order valence-electron chi connectivity index (χ3n) is 2.29. The highest BCUT2D eigenvalue weighted by atomic mass is 19.4. The number of nitrogens with two attached hydrogens (primary N) is 1. The van der Waals surface area contributed by atoms with Crippen LogP contribution in [0, 0.1) is 0 Å². The average Bonchev–Trinajstić information content (AvgIpc) is 2.26. The van der Waals surface area contributed by atoms with Crippen molar-refractivity contribution in [3.05, 3.63) is 29.8 Å². The first kappa shape index (κ1) is 13.5. The zero-order valence-electron chi connectivity index (χ0n) is 9.29. The highest BCUT2D eigenvalue weighted by Crippen LogP contribution is 2.22. The van der Waals surface area contributed by atoms with Crippen LogP contribution >= 0.6 is 0 Å². The molecule has 1 aromatic carbocycles. The maximum Gasteiger partial charge on any atom is 0.397 e. The van der Waals surface area contributed by atoms with Crippen LogP contribution in [0.15, 0.2) is 24.3 Å². The Kier molecular flexibility index (Phi) is 4.11. The van der Waals surface area contributed by atoms with Crippen molar-refractivity contribution in [1.82, 2.24) is 0 Å². The molecular weight excluding hydrogens is 233 g/mol. The number of halogens is 3. The van der Waals surface area contributed by atoms with Gasteiger partial charge in [-0.25, -0.2) is 0 Å². The SMILES string of the molecule is CN(C(=O)CC(F)(F)F)c1ccc(CN)cc1. The Bertz CT molecular complexity index is 387. The lowest BCUT2D eigenvalue weighted by atomic mass is 10.2. The van der Waals surface area contributed by atoms with E-state index < -0.39 is 18.5 Å². The fourth-order valence-electron chi connectivity index (χ4n) is 1.29. The summed E-state index contributed by atoms with van der Waals surface area (Å²) in [5.41, 5.74) is 6.66. The van der Waals surface area contributed by atoms with Gasteiger partial charge in [-0.05, 0) is 17.7 Å². The van der Waals surface area contributed by atoms with E-state index in [2.05, 4.69) is 0 Å². The second-order valence-corrected chi connectivity index (χ2v) is 3.62. The molecule has 0 unspecified atom stereocenters. The van der Waals surface area contributed by atoms with Gasteiger partial charge in [-0.1, -0.05) is 12.1 Å². The quantitative estimate of drug-likeness (QED) is 0.887. The van der Waals surface area contributed by atoms with Gasteiger partial charge in [-0.2, -0.15) is 13.2 Å². The van der Waals surface area contributed by atoms with E-state index in [9.17, 15) is 18.0 Å². The Morgan fingerprint density at radius 3 is 2.24 bits per heavy atom. The predicted octanol–water partition coefficient (Wildman–Crippen LogP) is 2.06. The van der Waals surface area contributed by atoms with Crippen molar-refractivity contribution in [3.8, 4) is 0 Å². The van der Waals surface area contributed by atoms with Gasteiger partial charge in [0.15, 0.2) is 0 Å². The molecule has 17 heavy (non-hydrogen) atoms. The maximum atomic E-state index is 12.0. The first-order chi connectivity index (χ1) is 7.83. The van der Waals surface area contributed by atoms with Crippen molar-refractivity contribution in [2.75, 3.05) is 11.9 Å². The number of amides is 1. The molecule has 3 nitrogen and oxygen atoms in total. The van der Waals surface area contributed by atoms with Gasteiger partial charge in [0.1, 0.15) is 6.42 Å². The maximum absolute atomic E-state index is 12.0. The number of carbonyl (C=O) groups excluding carboxylic acids is 1. The molecule has 0 heterocycles. The van der Waals surface area contributed by atoms with Crippen molar-refractivity contribution in [1.29, 1.82) is 0 Å². The van der Waals surface area contributed by atoms with Gasteiger partial charge in [0.05, 0.1) is 0 Å². The topological polar surface area (TPSA) is 46.3 Å². The Morgan fingerprint density at radius 2 is 1.82 bits per heavy atom. The lowest BCUT2D eigenvalue weighted by Crippen LogP contribution is -2.30. The summed E-state index contributed by atoms with van der Waals surface area (Å²) in [6.45, 7) is 0.348. The molecule has 1 amide bonds. The van der Waals surface area contributed by atoms with Crippen LogP contribution < -0.4 is 10.6 Å². The number of rotatable bonds is 3. The van der Waals surface area contributed by atoms with Gasteiger partial charge in [-0.3, -0.25) is 4.79 Å². The zero-order valence-corrected chi connectivity index (χ0v) is 9.29. The number of alkyl halides is 3. The number of nitrogens with zero attached hydrogens (tertiary/aromatic N) is 1. The average molecular weight is 246 g/mol. The predicted molar refractivity (Wildman–Crippen MR) is 58.4 cm³/mol. The van der Waals surface area contributed by atoms with Crippen LogP contribution in [-0.4, -0.2) is 19.1 Å². The van der Waals surface area contributed by atoms with E-state index in [1.165, 1.54) is 7.05 Å². The number of anilines is 1. The second-order valence-electron chi connectivity index (χ2n) is 3.62. The van der Waals surface area contributed by atoms with Gasteiger partial charge in [0, 0.05) is 19.3 Å². The summed E-state index contributed by atoms with van der Waals surface area (Å²) in [4.78, 5) is 12.3. The molecule has 0 bridgehead atoms. The monoisotopic (exact) mass is 246 g/mol. The van der Waals surface area contributed by atoms with E-state index in [1.54, 1.807) is 24.3 Å². The standard InChI is InChI=1S/C11H13F3N2O/c1-16(10(17)6-11(12,13)14)9-4-2-8(7-15)3-5-9/h2-5H,6-7,15H2,1H3. The van der Waals surface area contributed by atoms with Crippen LogP contribution in [0.3, 0.4) is 0 Å². The smallest absolute Gasteiger partial charge is 0.326 e. The first-order valence-electron chi connectivity index (χ1n) is 4.96. The molecule has 1 aromatic rings. The highest BCUT2D eigenvalue weighted by molar-refractivity contribution is 5.93. The van der Waals surface area contributed by atoms with Crippen molar-refractivity contribution in [3.63, 3.8) is 0 Å². The molecule has 0 saturated carbocycles. The van der Waals surface area contributed by atoms with Crippen LogP contribution in [-0.2, 0) is 11.3 Å². The molecule has 1 rings (SSSR count). The molecule has 0 aliphatic carbocycles. The van der Waals surface area contributed by atoms with Crippen molar-refractivity contribution < 1.29 is 18.0 Å². The summed E-state index contributed by atoms with van der Waals surface area (Å²) in [5, 5.41) is 0. The summed E-state index contributed by atoms with van der Waals surface area (Å²) in [6.07, 6.45) is -5.94. The van der Waals surface area contributed by atoms with Crippen LogP contribution in [0.5, 0.6) is 0 Å². The molecule has 0 radical (unpaired) electrons. The number of hydrogen-bond donors (Lipinski definition) is 1. The molecule has 0 aliphatic heterocycles. The first-order valence-corrected chi connectivity index (χ1v) is 4.96. The molecule has 0 spiro atoms. The van der Waals surface area contributed by atoms with E-state index in [-0.39, 0.29) is 0 Å². The zero-order chi connectivity index (χ0) is 13.1. The lowest BCUT2D eigenvalue weighted by Gasteiger charge is -2.18. The van der Waals surface area contributed by atoms with Gasteiger partial charge < -0.3 is 10.6 Å². The van der Waals surface area contributed by atoms with Gasteiger partial charge in [-0.15, -0.1) is 0 Å². The fraction of sp³-hybridized carbons (Fsp3) is 0.364. The minimum atomic E-state index is -4.48. The Hall–Kier alpha value is -1.56.